The molecule has 0 aliphatic carbocycles. The number of hydrogen-bond acceptors (Lipinski definition) is 6. The van der Waals surface area contributed by atoms with Crippen LogP contribution in [0.25, 0.3) is 0 Å². The van der Waals surface area contributed by atoms with Crippen molar-refractivity contribution in [3.05, 3.63) is 45.8 Å². The Morgan fingerprint density at radius 3 is 2.33 bits per heavy atom. The van der Waals surface area contributed by atoms with Gasteiger partial charge in [0.25, 0.3) is 5.91 Å². The molecule has 30 heavy (non-hydrogen) atoms. The third kappa shape index (κ3) is 4.81. The van der Waals surface area contributed by atoms with Gasteiger partial charge in [-0.05, 0) is 49.4 Å². The highest BCUT2D eigenvalue weighted by Gasteiger charge is 2.29. The quantitative estimate of drug-likeness (QED) is 0.707. The average molecular weight is 431 g/mol. The normalized spacial score (nSPS) is 13.6. The van der Waals surface area contributed by atoms with Gasteiger partial charge in [0, 0.05) is 13.1 Å². The van der Waals surface area contributed by atoms with Crippen molar-refractivity contribution >= 4 is 34.1 Å². The van der Waals surface area contributed by atoms with E-state index in [1.165, 1.54) is 7.11 Å². The monoisotopic (exact) mass is 430 g/mol. The Balaban J connectivity index is 1.82. The molecule has 0 unspecified atom stereocenters. The zero-order chi connectivity index (χ0) is 21.7. The van der Waals surface area contributed by atoms with E-state index in [-0.39, 0.29) is 23.8 Å². The van der Waals surface area contributed by atoms with Crippen molar-refractivity contribution in [2.45, 2.75) is 32.6 Å². The first kappa shape index (κ1) is 21.8. The molecule has 0 bridgehead atoms. The molecular formula is C22H26N2O5S. The standard InChI is InChI=1S/C22H26N2O5S/c1-14-18(22(27)29-3)20(30-19(14)21(26)24-11-5-4-6-12-24)23-17(25)13-15-7-9-16(28-2)10-8-15/h7-10H,4-6,11-13H2,1-3H3,(H,23,25). The summed E-state index contributed by atoms with van der Waals surface area (Å²) in [7, 11) is 2.87. The van der Waals surface area contributed by atoms with Gasteiger partial charge in [-0.25, -0.2) is 4.79 Å². The Kier molecular flexibility index (Phi) is 7.10. The molecule has 160 valence electrons. The van der Waals surface area contributed by atoms with Crippen LogP contribution in [0.4, 0.5) is 5.00 Å². The SMILES string of the molecule is COC(=O)c1c(NC(=O)Cc2ccc(OC)cc2)sc(C(=O)N2CCCCC2)c1C. The lowest BCUT2D eigenvalue weighted by molar-refractivity contribution is -0.115. The second kappa shape index (κ2) is 9.75. The molecule has 7 nitrogen and oxygen atoms in total. The van der Waals surface area contributed by atoms with Gasteiger partial charge in [-0.3, -0.25) is 9.59 Å². The van der Waals surface area contributed by atoms with Crippen LogP contribution in [0.15, 0.2) is 24.3 Å². The van der Waals surface area contributed by atoms with Crippen LogP contribution in [-0.2, 0) is 16.0 Å². The van der Waals surface area contributed by atoms with E-state index in [9.17, 15) is 14.4 Å². The molecule has 1 saturated heterocycles. The number of amides is 2. The minimum Gasteiger partial charge on any atom is -0.497 e. The largest absolute Gasteiger partial charge is 0.497 e. The highest BCUT2D eigenvalue weighted by molar-refractivity contribution is 7.18. The molecule has 1 fully saturated rings. The van der Waals surface area contributed by atoms with Crippen molar-refractivity contribution in [1.29, 1.82) is 0 Å². The summed E-state index contributed by atoms with van der Waals surface area (Å²) in [6, 6.07) is 7.19. The average Bonchev–Trinajstić information content (AvgIpc) is 3.09. The molecule has 0 atom stereocenters. The number of thiophene rings is 1. The topological polar surface area (TPSA) is 84.9 Å². The van der Waals surface area contributed by atoms with Crippen LogP contribution in [0.1, 0.15) is 50.4 Å². The maximum Gasteiger partial charge on any atom is 0.341 e. The second-order valence-corrected chi connectivity index (χ2v) is 8.20. The smallest absolute Gasteiger partial charge is 0.341 e. The van der Waals surface area contributed by atoms with E-state index in [0.29, 0.717) is 34.3 Å². The van der Waals surface area contributed by atoms with Crippen molar-refractivity contribution in [3.63, 3.8) is 0 Å². The molecule has 0 radical (unpaired) electrons. The fourth-order valence-electron chi connectivity index (χ4n) is 3.49. The summed E-state index contributed by atoms with van der Waals surface area (Å²) in [5, 5.41) is 3.14. The second-order valence-electron chi connectivity index (χ2n) is 7.18. The van der Waals surface area contributed by atoms with Crippen LogP contribution in [0.3, 0.4) is 0 Å². The van der Waals surface area contributed by atoms with Gasteiger partial charge in [-0.2, -0.15) is 0 Å². The summed E-state index contributed by atoms with van der Waals surface area (Å²) in [6.45, 7) is 3.14. The molecule has 0 spiro atoms. The molecule has 1 N–H and O–H groups in total. The third-order valence-corrected chi connectivity index (χ3v) is 6.35. The Morgan fingerprint density at radius 1 is 1.07 bits per heavy atom. The minimum absolute atomic E-state index is 0.0991. The van der Waals surface area contributed by atoms with Gasteiger partial charge in [0.1, 0.15) is 10.8 Å². The zero-order valence-corrected chi connectivity index (χ0v) is 18.3. The molecule has 1 aliphatic rings. The summed E-state index contributed by atoms with van der Waals surface area (Å²) in [6.07, 6.45) is 3.21. The van der Waals surface area contributed by atoms with E-state index < -0.39 is 5.97 Å². The number of methoxy groups -OCH3 is 2. The fourth-order valence-corrected chi connectivity index (χ4v) is 4.67. The van der Waals surface area contributed by atoms with E-state index in [1.807, 2.05) is 17.0 Å². The number of rotatable bonds is 6. The van der Waals surface area contributed by atoms with E-state index >= 15 is 0 Å². The first-order chi connectivity index (χ1) is 14.4. The number of ether oxygens (including phenoxy) is 2. The summed E-state index contributed by atoms with van der Waals surface area (Å²) in [5.41, 5.74) is 1.60. The van der Waals surface area contributed by atoms with Gasteiger partial charge in [0.05, 0.1) is 31.1 Å². The lowest BCUT2D eigenvalue weighted by atomic mass is 10.1. The van der Waals surface area contributed by atoms with E-state index in [1.54, 1.807) is 26.2 Å². The number of benzene rings is 1. The van der Waals surface area contributed by atoms with Crippen LogP contribution >= 0.6 is 11.3 Å². The number of anilines is 1. The summed E-state index contributed by atoms with van der Waals surface area (Å²) < 4.78 is 10.0. The lowest BCUT2D eigenvalue weighted by Gasteiger charge is -2.26. The van der Waals surface area contributed by atoms with Crippen molar-refractivity contribution in [2.24, 2.45) is 0 Å². The summed E-state index contributed by atoms with van der Waals surface area (Å²) in [4.78, 5) is 40.3. The maximum absolute atomic E-state index is 13.0. The molecule has 1 aromatic carbocycles. The number of carbonyl (C=O) groups excluding carboxylic acids is 3. The molecule has 1 aromatic heterocycles. The van der Waals surface area contributed by atoms with Crippen LogP contribution in [-0.4, -0.2) is 50.0 Å². The van der Waals surface area contributed by atoms with Gasteiger partial charge in [-0.15, -0.1) is 11.3 Å². The minimum atomic E-state index is -0.568. The van der Waals surface area contributed by atoms with Gasteiger partial charge >= 0.3 is 5.97 Å². The van der Waals surface area contributed by atoms with Crippen LogP contribution in [0.5, 0.6) is 5.75 Å². The van der Waals surface area contributed by atoms with Gasteiger partial charge in [0.15, 0.2) is 0 Å². The summed E-state index contributed by atoms with van der Waals surface area (Å²) >= 11 is 1.13. The van der Waals surface area contributed by atoms with Gasteiger partial charge in [-0.1, -0.05) is 12.1 Å². The Labute approximate surface area is 180 Å². The molecule has 2 amide bonds. The molecule has 8 heteroatoms. The first-order valence-electron chi connectivity index (χ1n) is 9.88. The van der Waals surface area contributed by atoms with E-state index in [4.69, 9.17) is 9.47 Å². The van der Waals surface area contributed by atoms with Crippen LogP contribution in [0, 0.1) is 6.92 Å². The van der Waals surface area contributed by atoms with Crippen LogP contribution in [0.2, 0.25) is 0 Å². The number of hydrogen-bond donors (Lipinski definition) is 1. The highest BCUT2D eigenvalue weighted by Crippen LogP contribution is 2.35. The van der Waals surface area contributed by atoms with E-state index in [0.717, 1.165) is 36.2 Å². The summed E-state index contributed by atoms with van der Waals surface area (Å²) in [5.74, 6) is -0.232. The third-order valence-electron chi connectivity index (χ3n) is 5.15. The number of nitrogens with zero attached hydrogens (tertiary/aromatic N) is 1. The van der Waals surface area contributed by atoms with Crippen molar-refractivity contribution in [1.82, 2.24) is 4.90 Å². The number of carbonyl (C=O) groups is 3. The van der Waals surface area contributed by atoms with Gasteiger partial charge < -0.3 is 19.7 Å². The molecule has 3 rings (SSSR count). The number of nitrogens with one attached hydrogen (secondary N) is 1. The Morgan fingerprint density at radius 2 is 1.73 bits per heavy atom. The van der Waals surface area contributed by atoms with Crippen molar-refractivity contribution in [2.75, 3.05) is 32.6 Å². The number of likely N-dealkylation sites (tertiary alicyclic amines) is 1. The van der Waals surface area contributed by atoms with Crippen LogP contribution < -0.4 is 10.1 Å². The Bertz CT molecular complexity index is 930. The molecule has 0 saturated carbocycles. The molecular weight excluding hydrogens is 404 g/mol. The predicted molar refractivity (Wildman–Crippen MR) is 115 cm³/mol. The fraction of sp³-hybridized carbons (Fsp3) is 0.409. The molecule has 2 aromatic rings. The predicted octanol–water partition coefficient (Wildman–Crippen LogP) is 3.66. The lowest BCUT2D eigenvalue weighted by Crippen LogP contribution is -2.35. The maximum atomic E-state index is 13.0. The van der Waals surface area contributed by atoms with Gasteiger partial charge in [0.2, 0.25) is 5.91 Å². The van der Waals surface area contributed by atoms with Crippen molar-refractivity contribution in [3.8, 4) is 5.75 Å². The first-order valence-corrected chi connectivity index (χ1v) is 10.7. The number of esters is 1. The number of piperidine rings is 1. The Hall–Kier alpha value is -2.87. The van der Waals surface area contributed by atoms with Crippen molar-refractivity contribution < 1.29 is 23.9 Å². The molecule has 2 heterocycles. The highest BCUT2D eigenvalue weighted by atomic mass is 32.1. The van der Waals surface area contributed by atoms with E-state index in [2.05, 4.69) is 5.32 Å². The zero-order valence-electron chi connectivity index (χ0n) is 17.4. The molecule has 1 aliphatic heterocycles.